The fourth-order valence-corrected chi connectivity index (χ4v) is 2.13. The lowest BCUT2D eigenvalue weighted by atomic mass is 10.2. The first-order chi connectivity index (χ1) is 10.2. The Hall–Kier alpha value is -2.80. The second kappa shape index (κ2) is 5.29. The second-order valence-corrected chi connectivity index (χ2v) is 4.50. The molecule has 3 rings (SSSR count). The standard InChI is InChI=1S/C14H12N4O3/c19-4-3-18-13(20)6-12(14(18)21)17-10-1-2-11-9(5-10)7-15-8-16-11/h1-2,5-8,17,19H,3-4H2. The number of imide groups is 1. The summed E-state index contributed by atoms with van der Waals surface area (Å²) in [6, 6.07) is 5.36. The van der Waals surface area contributed by atoms with Crippen molar-refractivity contribution in [2.45, 2.75) is 0 Å². The van der Waals surface area contributed by atoms with Crippen LogP contribution in [0.3, 0.4) is 0 Å². The smallest absolute Gasteiger partial charge is 0.277 e. The molecule has 0 saturated heterocycles. The maximum atomic E-state index is 12.0. The number of fused-ring (bicyclic) bond motifs is 1. The second-order valence-electron chi connectivity index (χ2n) is 4.50. The van der Waals surface area contributed by atoms with Crippen LogP contribution in [0.1, 0.15) is 0 Å². The molecule has 2 aromatic rings. The predicted molar refractivity (Wildman–Crippen MR) is 75.0 cm³/mol. The molecular weight excluding hydrogens is 272 g/mol. The van der Waals surface area contributed by atoms with E-state index in [9.17, 15) is 9.59 Å². The molecule has 1 aromatic heterocycles. The molecular formula is C14H12N4O3. The van der Waals surface area contributed by atoms with Crippen LogP contribution in [0, 0.1) is 0 Å². The first-order valence-corrected chi connectivity index (χ1v) is 6.34. The summed E-state index contributed by atoms with van der Waals surface area (Å²) in [7, 11) is 0. The van der Waals surface area contributed by atoms with Gasteiger partial charge in [-0.05, 0) is 18.2 Å². The maximum Gasteiger partial charge on any atom is 0.277 e. The topological polar surface area (TPSA) is 95.4 Å². The van der Waals surface area contributed by atoms with Gasteiger partial charge in [0, 0.05) is 23.3 Å². The third-order valence-corrected chi connectivity index (χ3v) is 3.12. The molecule has 7 nitrogen and oxygen atoms in total. The monoisotopic (exact) mass is 284 g/mol. The molecule has 0 bridgehead atoms. The van der Waals surface area contributed by atoms with Crippen molar-refractivity contribution in [3.05, 3.63) is 42.5 Å². The number of aliphatic hydroxyl groups excluding tert-OH is 1. The minimum atomic E-state index is -0.446. The van der Waals surface area contributed by atoms with Crippen LogP contribution in [-0.4, -0.2) is 44.9 Å². The van der Waals surface area contributed by atoms with Gasteiger partial charge in [-0.3, -0.25) is 14.5 Å². The minimum absolute atomic E-state index is 0.00902. The summed E-state index contributed by atoms with van der Waals surface area (Å²) in [4.78, 5) is 32.7. The Morgan fingerprint density at radius 2 is 2.14 bits per heavy atom. The molecule has 2 N–H and O–H groups in total. The SMILES string of the molecule is O=C1C=C(Nc2ccc3ncncc3c2)C(=O)N1CCO. The molecule has 0 unspecified atom stereocenters. The van der Waals surface area contributed by atoms with Crippen molar-refractivity contribution >= 4 is 28.4 Å². The zero-order valence-electron chi connectivity index (χ0n) is 11.0. The lowest BCUT2D eigenvalue weighted by molar-refractivity contribution is -0.137. The Bertz CT molecular complexity index is 757. The average Bonchev–Trinajstić information content (AvgIpc) is 2.75. The fourth-order valence-electron chi connectivity index (χ4n) is 2.13. The van der Waals surface area contributed by atoms with E-state index in [0.717, 1.165) is 15.8 Å². The zero-order chi connectivity index (χ0) is 14.8. The van der Waals surface area contributed by atoms with Gasteiger partial charge in [0.25, 0.3) is 11.8 Å². The van der Waals surface area contributed by atoms with Gasteiger partial charge in [-0.25, -0.2) is 9.97 Å². The van der Waals surface area contributed by atoms with E-state index in [2.05, 4.69) is 15.3 Å². The Kier molecular flexibility index (Phi) is 3.33. The third kappa shape index (κ3) is 2.46. The number of carbonyl (C=O) groups excluding carboxylic acids is 2. The van der Waals surface area contributed by atoms with Crippen LogP contribution in [0.15, 0.2) is 42.5 Å². The van der Waals surface area contributed by atoms with E-state index in [1.54, 1.807) is 24.4 Å². The van der Waals surface area contributed by atoms with Gasteiger partial charge in [-0.2, -0.15) is 0 Å². The van der Waals surface area contributed by atoms with Gasteiger partial charge in [-0.1, -0.05) is 0 Å². The molecule has 0 aliphatic carbocycles. The van der Waals surface area contributed by atoms with Gasteiger partial charge >= 0.3 is 0 Å². The number of benzene rings is 1. The molecule has 21 heavy (non-hydrogen) atoms. The largest absolute Gasteiger partial charge is 0.395 e. The third-order valence-electron chi connectivity index (χ3n) is 3.12. The minimum Gasteiger partial charge on any atom is -0.395 e. The van der Waals surface area contributed by atoms with Crippen LogP contribution in [0.2, 0.25) is 0 Å². The molecule has 0 spiro atoms. The zero-order valence-corrected chi connectivity index (χ0v) is 11.0. The van der Waals surface area contributed by atoms with Crippen molar-refractivity contribution in [2.24, 2.45) is 0 Å². The van der Waals surface area contributed by atoms with E-state index in [-0.39, 0.29) is 18.8 Å². The number of anilines is 1. The molecule has 2 heterocycles. The lowest BCUT2D eigenvalue weighted by Crippen LogP contribution is -2.34. The van der Waals surface area contributed by atoms with E-state index in [0.29, 0.717) is 5.69 Å². The van der Waals surface area contributed by atoms with E-state index in [4.69, 9.17) is 5.11 Å². The van der Waals surface area contributed by atoms with Crippen LogP contribution in [0.4, 0.5) is 5.69 Å². The van der Waals surface area contributed by atoms with Gasteiger partial charge in [0.05, 0.1) is 18.7 Å². The van der Waals surface area contributed by atoms with Crippen molar-refractivity contribution in [1.82, 2.24) is 14.9 Å². The summed E-state index contributed by atoms with van der Waals surface area (Å²) in [6.45, 7) is -0.267. The Balaban J connectivity index is 1.84. The van der Waals surface area contributed by atoms with Crippen LogP contribution < -0.4 is 5.32 Å². The molecule has 2 amide bonds. The van der Waals surface area contributed by atoms with Gasteiger partial charge in [0.1, 0.15) is 12.0 Å². The number of aliphatic hydroxyl groups is 1. The highest BCUT2D eigenvalue weighted by atomic mass is 16.3. The summed E-state index contributed by atoms with van der Waals surface area (Å²) in [6.07, 6.45) is 4.36. The van der Waals surface area contributed by atoms with Gasteiger partial charge in [-0.15, -0.1) is 0 Å². The maximum absolute atomic E-state index is 12.0. The number of hydrogen-bond acceptors (Lipinski definition) is 6. The van der Waals surface area contributed by atoms with Crippen molar-refractivity contribution in [3.8, 4) is 0 Å². The highest BCUT2D eigenvalue weighted by Crippen LogP contribution is 2.20. The Morgan fingerprint density at radius 3 is 2.95 bits per heavy atom. The number of rotatable bonds is 4. The summed E-state index contributed by atoms with van der Waals surface area (Å²) in [5.41, 5.74) is 1.64. The quantitative estimate of drug-likeness (QED) is 0.783. The molecule has 1 aliphatic heterocycles. The summed E-state index contributed by atoms with van der Waals surface area (Å²) < 4.78 is 0. The molecule has 0 saturated carbocycles. The first-order valence-electron chi connectivity index (χ1n) is 6.34. The molecule has 1 aromatic carbocycles. The summed E-state index contributed by atoms with van der Waals surface area (Å²) in [5.74, 6) is -0.876. The van der Waals surface area contributed by atoms with Crippen molar-refractivity contribution in [1.29, 1.82) is 0 Å². The number of carbonyl (C=O) groups is 2. The predicted octanol–water partition coefficient (Wildman–Crippen LogP) is 0.287. The van der Waals surface area contributed by atoms with Crippen molar-refractivity contribution in [3.63, 3.8) is 0 Å². The molecule has 1 aliphatic rings. The average molecular weight is 284 g/mol. The number of nitrogens with one attached hydrogen (secondary N) is 1. The number of hydrogen-bond donors (Lipinski definition) is 2. The summed E-state index contributed by atoms with van der Waals surface area (Å²) in [5, 5.41) is 12.6. The highest BCUT2D eigenvalue weighted by molar-refractivity contribution is 6.17. The Morgan fingerprint density at radius 1 is 1.29 bits per heavy atom. The summed E-state index contributed by atoms with van der Waals surface area (Å²) >= 11 is 0. The fraction of sp³-hybridized carbons (Fsp3) is 0.143. The molecule has 106 valence electrons. The highest BCUT2D eigenvalue weighted by Gasteiger charge is 2.30. The van der Waals surface area contributed by atoms with E-state index in [1.165, 1.54) is 12.4 Å². The van der Waals surface area contributed by atoms with Crippen LogP contribution >= 0.6 is 0 Å². The lowest BCUT2D eigenvalue weighted by Gasteiger charge is -2.13. The van der Waals surface area contributed by atoms with Gasteiger partial charge < -0.3 is 10.4 Å². The van der Waals surface area contributed by atoms with Crippen molar-refractivity contribution < 1.29 is 14.7 Å². The van der Waals surface area contributed by atoms with Crippen LogP contribution in [-0.2, 0) is 9.59 Å². The van der Waals surface area contributed by atoms with E-state index in [1.807, 2.05) is 0 Å². The number of amides is 2. The van der Waals surface area contributed by atoms with Gasteiger partial charge in [0.15, 0.2) is 0 Å². The van der Waals surface area contributed by atoms with Crippen LogP contribution in [0.25, 0.3) is 10.9 Å². The normalized spacial score (nSPS) is 14.7. The molecule has 0 atom stereocenters. The Labute approximate surface area is 119 Å². The van der Waals surface area contributed by atoms with Gasteiger partial charge in [0.2, 0.25) is 0 Å². The molecule has 0 fully saturated rings. The number of nitrogens with zero attached hydrogens (tertiary/aromatic N) is 3. The van der Waals surface area contributed by atoms with E-state index < -0.39 is 11.8 Å². The first kappa shape index (κ1) is 13.2. The van der Waals surface area contributed by atoms with Crippen molar-refractivity contribution in [2.75, 3.05) is 18.5 Å². The number of β-amino-alcohol motifs (C(OH)–C–C–N with tert-alkyl or cyclic N) is 1. The molecule has 0 radical (unpaired) electrons. The molecule has 7 heteroatoms. The number of aromatic nitrogens is 2. The van der Waals surface area contributed by atoms with E-state index >= 15 is 0 Å². The van der Waals surface area contributed by atoms with Crippen LogP contribution in [0.5, 0.6) is 0 Å².